The zero-order chi connectivity index (χ0) is 12.6. The van der Waals surface area contributed by atoms with E-state index in [1.807, 2.05) is 20.8 Å². The summed E-state index contributed by atoms with van der Waals surface area (Å²) in [7, 11) is 0. The predicted molar refractivity (Wildman–Crippen MR) is 65.6 cm³/mol. The van der Waals surface area contributed by atoms with E-state index in [4.69, 9.17) is 0 Å². The van der Waals surface area contributed by atoms with E-state index in [-0.39, 0.29) is 17.4 Å². The van der Waals surface area contributed by atoms with Crippen LogP contribution in [0.25, 0.3) is 10.9 Å². The number of benzene rings is 1. The molecule has 2 rings (SSSR count). The molecule has 0 saturated heterocycles. The Morgan fingerprint density at radius 3 is 2.65 bits per heavy atom. The van der Waals surface area contributed by atoms with Gasteiger partial charge in [0.1, 0.15) is 5.82 Å². The van der Waals surface area contributed by atoms with Crippen LogP contribution in [0.4, 0.5) is 9.18 Å². The van der Waals surface area contributed by atoms with Crippen molar-refractivity contribution in [1.82, 2.24) is 9.88 Å². The Kier molecular flexibility index (Phi) is 2.65. The predicted octanol–water partition coefficient (Wildman–Crippen LogP) is 3.14. The van der Waals surface area contributed by atoms with Crippen molar-refractivity contribution in [1.29, 1.82) is 0 Å². The summed E-state index contributed by atoms with van der Waals surface area (Å²) in [5, 5.41) is 3.29. The highest BCUT2D eigenvalue weighted by Gasteiger charge is 2.16. The second-order valence-corrected chi connectivity index (χ2v) is 5.04. The van der Waals surface area contributed by atoms with E-state index < -0.39 is 0 Å². The minimum absolute atomic E-state index is 0.252. The van der Waals surface area contributed by atoms with Gasteiger partial charge in [-0.05, 0) is 39.0 Å². The van der Waals surface area contributed by atoms with Crippen LogP contribution in [0.2, 0.25) is 0 Å². The van der Waals surface area contributed by atoms with Crippen LogP contribution >= 0.6 is 0 Å². The summed E-state index contributed by atoms with van der Waals surface area (Å²) in [6.45, 7) is 5.70. The summed E-state index contributed by atoms with van der Waals surface area (Å²) in [6, 6.07) is 6.05. The van der Waals surface area contributed by atoms with Gasteiger partial charge in [-0.25, -0.2) is 9.18 Å². The zero-order valence-corrected chi connectivity index (χ0v) is 10.1. The molecule has 0 aliphatic carbocycles. The summed E-state index contributed by atoms with van der Waals surface area (Å²) in [5.74, 6) is -0.315. The summed E-state index contributed by atoms with van der Waals surface area (Å²) in [6.07, 6.45) is 1.58. The van der Waals surface area contributed by atoms with E-state index in [9.17, 15) is 9.18 Å². The van der Waals surface area contributed by atoms with Gasteiger partial charge in [-0.3, -0.25) is 4.57 Å². The third-order valence-electron chi connectivity index (χ3n) is 2.38. The molecule has 1 aromatic heterocycles. The highest BCUT2D eigenvalue weighted by molar-refractivity contribution is 5.92. The van der Waals surface area contributed by atoms with E-state index in [2.05, 4.69) is 5.32 Å². The lowest BCUT2D eigenvalue weighted by Crippen LogP contribution is -2.42. The first kappa shape index (κ1) is 11.6. The largest absolute Gasteiger partial charge is 0.333 e. The normalized spacial score (nSPS) is 11.8. The molecule has 3 nitrogen and oxygen atoms in total. The van der Waals surface area contributed by atoms with Gasteiger partial charge in [-0.2, -0.15) is 0 Å². The average Bonchev–Trinajstić information content (AvgIpc) is 2.60. The first-order chi connectivity index (χ1) is 7.88. The van der Waals surface area contributed by atoms with Gasteiger partial charge in [-0.1, -0.05) is 6.07 Å². The fourth-order valence-electron chi connectivity index (χ4n) is 1.69. The van der Waals surface area contributed by atoms with Crippen LogP contribution in [-0.4, -0.2) is 16.1 Å². The summed E-state index contributed by atoms with van der Waals surface area (Å²) >= 11 is 0. The molecule has 0 bridgehead atoms. The third kappa shape index (κ3) is 2.30. The molecule has 1 aromatic carbocycles. The van der Waals surface area contributed by atoms with E-state index in [1.165, 1.54) is 10.6 Å². The molecule has 0 radical (unpaired) electrons. The number of rotatable bonds is 0. The number of hydrogen-bond acceptors (Lipinski definition) is 1. The Bertz CT molecular complexity index is 566. The highest BCUT2D eigenvalue weighted by Crippen LogP contribution is 2.18. The average molecular weight is 234 g/mol. The molecule has 0 fully saturated rings. The third-order valence-corrected chi connectivity index (χ3v) is 2.38. The van der Waals surface area contributed by atoms with Crippen LogP contribution < -0.4 is 5.32 Å². The van der Waals surface area contributed by atoms with Crippen molar-refractivity contribution >= 4 is 16.9 Å². The van der Waals surface area contributed by atoms with E-state index in [1.54, 1.807) is 24.4 Å². The molecular weight excluding hydrogens is 219 g/mol. The molecule has 90 valence electrons. The first-order valence-corrected chi connectivity index (χ1v) is 5.46. The SMILES string of the molecule is CC(C)(C)NC(=O)n1ccc2c(F)cccc21. The van der Waals surface area contributed by atoms with Crippen LogP contribution in [0.3, 0.4) is 0 Å². The van der Waals surface area contributed by atoms with E-state index in [0.29, 0.717) is 10.9 Å². The molecule has 0 saturated carbocycles. The molecule has 0 aliphatic rings. The van der Waals surface area contributed by atoms with Crippen molar-refractivity contribution in [3.63, 3.8) is 0 Å². The van der Waals surface area contributed by atoms with Gasteiger partial charge in [0.05, 0.1) is 5.52 Å². The summed E-state index contributed by atoms with van der Waals surface area (Å²) in [5.41, 5.74) is 0.257. The fraction of sp³-hybridized carbons (Fsp3) is 0.308. The molecule has 1 N–H and O–H groups in total. The number of carbonyl (C=O) groups excluding carboxylic acids is 1. The lowest BCUT2D eigenvalue weighted by atomic mass is 10.1. The zero-order valence-electron chi connectivity index (χ0n) is 10.1. The second-order valence-electron chi connectivity index (χ2n) is 5.04. The summed E-state index contributed by atoms with van der Waals surface area (Å²) < 4.78 is 14.9. The van der Waals surface area contributed by atoms with E-state index in [0.717, 1.165) is 0 Å². The molecule has 0 aliphatic heterocycles. The van der Waals surface area contributed by atoms with Crippen LogP contribution in [-0.2, 0) is 0 Å². The number of fused-ring (bicyclic) bond motifs is 1. The highest BCUT2D eigenvalue weighted by atomic mass is 19.1. The maximum Gasteiger partial charge on any atom is 0.326 e. The molecule has 0 atom stereocenters. The lowest BCUT2D eigenvalue weighted by Gasteiger charge is -2.20. The van der Waals surface area contributed by atoms with Crippen molar-refractivity contribution < 1.29 is 9.18 Å². The van der Waals surface area contributed by atoms with Crippen molar-refractivity contribution in [3.05, 3.63) is 36.3 Å². The Hall–Kier alpha value is -1.84. The second kappa shape index (κ2) is 3.87. The lowest BCUT2D eigenvalue weighted by molar-refractivity contribution is 0.234. The number of nitrogens with one attached hydrogen (secondary N) is 1. The number of nitrogens with zero attached hydrogens (tertiary/aromatic N) is 1. The molecule has 2 aromatic rings. The Labute approximate surface area is 99.2 Å². The van der Waals surface area contributed by atoms with Crippen LogP contribution in [0.15, 0.2) is 30.5 Å². The minimum atomic E-state index is -0.318. The van der Waals surface area contributed by atoms with Gasteiger partial charge < -0.3 is 5.32 Å². The first-order valence-electron chi connectivity index (χ1n) is 5.46. The van der Waals surface area contributed by atoms with E-state index >= 15 is 0 Å². The van der Waals surface area contributed by atoms with Crippen LogP contribution in [0.1, 0.15) is 20.8 Å². The monoisotopic (exact) mass is 234 g/mol. The van der Waals surface area contributed by atoms with Gasteiger partial charge >= 0.3 is 6.03 Å². The number of hydrogen-bond donors (Lipinski definition) is 1. The molecule has 1 heterocycles. The smallest absolute Gasteiger partial charge is 0.326 e. The van der Waals surface area contributed by atoms with Gasteiger partial charge in [0, 0.05) is 17.1 Å². The Morgan fingerprint density at radius 1 is 1.29 bits per heavy atom. The molecule has 0 spiro atoms. The minimum Gasteiger partial charge on any atom is -0.333 e. The van der Waals surface area contributed by atoms with Gasteiger partial charge in [0.15, 0.2) is 0 Å². The molecule has 0 unspecified atom stereocenters. The van der Waals surface area contributed by atoms with Gasteiger partial charge in [0.25, 0.3) is 0 Å². The number of aromatic nitrogens is 1. The number of carbonyl (C=O) groups is 1. The molecular formula is C13H15FN2O. The van der Waals surface area contributed by atoms with Gasteiger partial charge in [-0.15, -0.1) is 0 Å². The topological polar surface area (TPSA) is 34.0 Å². The van der Waals surface area contributed by atoms with Crippen molar-refractivity contribution in [2.24, 2.45) is 0 Å². The van der Waals surface area contributed by atoms with Crippen molar-refractivity contribution in [2.45, 2.75) is 26.3 Å². The molecule has 1 amide bonds. The maximum absolute atomic E-state index is 13.5. The number of amides is 1. The maximum atomic E-state index is 13.5. The van der Waals surface area contributed by atoms with Crippen molar-refractivity contribution in [2.75, 3.05) is 0 Å². The molecule has 4 heteroatoms. The quantitative estimate of drug-likeness (QED) is 0.746. The van der Waals surface area contributed by atoms with Crippen molar-refractivity contribution in [3.8, 4) is 0 Å². The Morgan fingerprint density at radius 2 is 2.00 bits per heavy atom. The number of halogens is 1. The standard InChI is InChI=1S/C13H15FN2O/c1-13(2,3)15-12(17)16-8-7-9-10(14)5-4-6-11(9)16/h4-8H,1-3H3,(H,15,17). The molecule has 17 heavy (non-hydrogen) atoms. The van der Waals surface area contributed by atoms with Gasteiger partial charge in [0.2, 0.25) is 0 Å². The fourth-order valence-corrected chi connectivity index (χ4v) is 1.69. The van der Waals surface area contributed by atoms with Crippen LogP contribution in [0, 0.1) is 5.82 Å². The summed E-state index contributed by atoms with van der Waals surface area (Å²) in [4.78, 5) is 12.0. The Balaban J connectivity index is 2.43. The van der Waals surface area contributed by atoms with Crippen LogP contribution in [0.5, 0.6) is 0 Å².